The smallest absolute Gasteiger partial charge is 0.341 e. The van der Waals surface area contributed by atoms with Crippen LogP contribution in [0.3, 0.4) is 0 Å². The number of hydrogen-bond donors (Lipinski definition) is 1. The lowest BCUT2D eigenvalue weighted by Crippen LogP contribution is -2.42. The van der Waals surface area contributed by atoms with Crippen molar-refractivity contribution in [2.24, 2.45) is 11.3 Å². The maximum absolute atomic E-state index is 12.7. The summed E-state index contributed by atoms with van der Waals surface area (Å²) in [7, 11) is 2.02. The number of rotatable bonds is 4. The summed E-state index contributed by atoms with van der Waals surface area (Å²) >= 11 is 0. The van der Waals surface area contributed by atoms with Crippen molar-refractivity contribution in [2.45, 2.75) is 39.7 Å². The third-order valence-corrected chi connectivity index (χ3v) is 6.15. The van der Waals surface area contributed by atoms with Gasteiger partial charge in [-0.15, -0.1) is 0 Å². The second kappa shape index (κ2) is 7.04. The first-order valence-electron chi connectivity index (χ1n) is 10.3. The van der Waals surface area contributed by atoms with Crippen molar-refractivity contribution in [1.29, 1.82) is 0 Å². The molecule has 1 saturated carbocycles. The largest absolute Gasteiger partial charge is 0.477 e. The maximum Gasteiger partial charge on any atom is 0.341 e. The van der Waals surface area contributed by atoms with E-state index in [1.807, 2.05) is 17.7 Å². The summed E-state index contributed by atoms with van der Waals surface area (Å²) in [5.74, 6) is -0.778. The second-order valence-electron chi connectivity index (χ2n) is 9.45. The SMILES string of the molecule is C=C(/C(=C1/c2cc(=O)c(C(=O)O)cn2C(C(C)(C)C)CN1C)c1ccoc1)C1CC1. The summed E-state index contributed by atoms with van der Waals surface area (Å²) in [6.07, 6.45) is 7.06. The molecular formula is C24H28N2O4. The number of aromatic nitrogens is 1. The topological polar surface area (TPSA) is 75.7 Å². The highest BCUT2D eigenvalue weighted by Gasteiger charge is 2.38. The molecule has 2 aromatic heterocycles. The molecule has 4 rings (SSSR count). The first kappa shape index (κ1) is 20.3. The molecule has 3 heterocycles. The van der Waals surface area contributed by atoms with Crippen LogP contribution in [0.1, 0.15) is 61.3 Å². The van der Waals surface area contributed by atoms with Crippen molar-refractivity contribution in [3.63, 3.8) is 0 Å². The molecule has 1 atom stereocenters. The monoisotopic (exact) mass is 408 g/mol. The van der Waals surface area contributed by atoms with Crippen LogP contribution in [0.15, 0.2) is 52.2 Å². The van der Waals surface area contributed by atoms with Crippen LogP contribution in [0.4, 0.5) is 0 Å². The average molecular weight is 408 g/mol. The Balaban J connectivity index is 2.05. The van der Waals surface area contributed by atoms with Gasteiger partial charge in [0.2, 0.25) is 0 Å². The number of furan rings is 1. The molecule has 6 heteroatoms. The second-order valence-corrected chi connectivity index (χ2v) is 9.45. The number of fused-ring (bicyclic) bond motifs is 1. The highest BCUT2D eigenvalue weighted by Crippen LogP contribution is 2.47. The Morgan fingerprint density at radius 1 is 1.30 bits per heavy atom. The summed E-state index contributed by atoms with van der Waals surface area (Å²) in [4.78, 5) is 26.5. The van der Waals surface area contributed by atoms with E-state index in [-0.39, 0.29) is 17.0 Å². The molecule has 2 aliphatic rings. The van der Waals surface area contributed by atoms with Crippen molar-refractivity contribution < 1.29 is 14.3 Å². The van der Waals surface area contributed by atoms with Crippen molar-refractivity contribution >= 4 is 17.2 Å². The molecule has 1 unspecified atom stereocenters. The van der Waals surface area contributed by atoms with Gasteiger partial charge in [-0.05, 0) is 35.8 Å². The fraction of sp³-hybridized carbons (Fsp3) is 0.417. The molecule has 1 aliphatic heterocycles. The number of nitrogens with zero attached hydrogens (tertiary/aromatic N) is 2. The molecule has 0 aromatic carbocycles. The van der Waals surface area contributed by atoms with Crippen molar-refractivity contribution in [3.05, 3.63) is 70.1 Å². The predicted octanol–water partition coefficient (Wildman–Crippen LogP) is 4.51. The molecule has 1 aliphatic carbocycles. The fourth-order valence-electron chi connectivity index (χ4n) is 4.32. The van der Waals surface area contributed by atoms with E-state index in [4.69, 9.17) is 4.42 Å². The maximum atomic E-state index is 12.7. The van der Waals surface area contributed by atoms with Gasteiger partial charge in [-0.1, -0.05) is 27.4 Å². The van der Waals surface area contributed by atoms with Gasteiger partial charge in [-0.2, -0.15) is 0 Å². The molecule has 0 saturated heterocycles. The Labute approximate surface area is 176 Å². The van der Waals surface area contributed by atoms with Crippen LogP contribution in [0, 0.1) is 11.3 Å². The van der Waals surface area contributed by atoms with Crippen LogP contribution in [-0.4, -0.2) is 34.1 Å². The molecule has 2 aromatic rings. The zero-order valence-electron chi connectivity index (χ0n) is 17.9. The summed E-state index contributed by atoms with van der Waals surface area (Å²) < 4.78 is 7.34. The Morgan fingerprint density at radius 3 is 2.53 bits per heavy atom. The van der Waals surface area contributed by atoms with E-state index < -0.39 is 11.4 Å². The number of likely N-dealkylation sites (N-methyl/N-ethyl adjacent to an activating group) is 1. The van der Waals surface area contributed by atoms with E-state index in [1.54, 1.807) is 12.5 Å². The predicted molar refractivity (Wildman–Crippen MR) is 116 cm³/mol. The lowest BCUT2D eigenvalue weighted by atomic mass is 9.83. The van der Waals surface area contributed by atoms with Crippen molar-refractivity contribution in [2.75, 3.05) is 13.6 Å². The van der Waals surface area contributed by atoms with Crippen molar-refractivity contribution in [3.8, 4) is 0 Å². The van der Waals surface area contributed by atoms with Crippen LogP contribution in [-0.2, 0) is 0 Å². The summed E-state index contributed by atoms with van der Waals surface area (Å²) in [5.41, 5.74) is 3.71. The lowest BCUT2D eigenvalue weighted by molar-refractivity contribution is 0.0693. The minimum Gasteiger partial charge on any atom is -0.477 e. The standard InChI is InChI=1S/C24H28N2O4/c1-14(15-6-7-15)21(16-8-9-30-13-16)22-18-10-19(27)17(23(28)29)11-26(18)20(12-25(22)5)24(2,3)4/h8-11,13,15,20H,1,6-7,12H2,2-5H3,(H,28,29)/b22-21+. The first-order chi connectivity index (χ1) is 14.1. The number of carbonyl (C=O) groups is 1. The molecular weight excluding hydrogens is 380 g/mol. The number of hydrogen-bond acceptors (Lipinski definition) is 4. The van der Waals surface area contributed by atoms with Crippen LogP contribution in [0.2, 0.25) is 0 Å². The number of carboxylic acid groups (broad SMARTS) is 1. The number of carboxylic acids is 1. The Hall–Kier alpha value is -3.02. The van der Waals surface area contributed by atoms with E-state index in [1.165, 1.54) is 12.3 Å². The van der Waals surface area contributed by atoms with Crippen molar-refractivity contribution in [1.82, 2.24) is 9.47 Å². The summed E-state index contributed by atoms with van der Waals surface area (Å²) in [5, 5.41) is 9.54. The molecule has 0 bridgehead atoms. The van der Waals surface area contributed by atoms with Gasteiger partial charge >= 0.3 is 5.97 Å². The number of allylic oxidation sites excluding steroid dienone is 2. The van der Waals surface area contributed by atoms with Gasteiger partial charge in [-0.25, -0.2) is 4.79 Å². The van der Waals surface area contributed by atoms with Crippen LogP contribution in [0.5, 0.6) is 0 Å². The van der Waals surface area contributed by atoms with E-state index in [0.717, 1.165) is 40.9 Å². The molecule has 158 valence electrons. The Kier molecular flexibility index (Phi) is 4.76. The highest BCUT2D eigenvalue weighted by atomic mass is 16.4. The molecule has 0 spiro atoms. The minimum atomic E-state index is -1.20. The van der Waals surface area contributed by atoms with E-state index in [2.05, 4.69) is 32.3 Å². The molecule has 0 amide bonds. The van der Waals surface area contributed by atoms with E-state index in [9.17, 15) is 14.7 Å². The van der Waals surface area contributed by atoms with Crippen LogP contribution < -0.4 is 5.43 Å². The zero-order valence-corrected chi connectivity index (χ0v) is 17.9. The van der Waals surface area contributed by atoms with Gasteiger partial charge < -0.3 is 19.0 Å². The molecule has 0 radical (unpaired) electrons. The Bertz CT molecular complexity index is 1100. The number of aromatic carboxylic acids is 1. The van der Waals surface area contributed by atoms with E-state index >= 15 is 0 Å². The van der Waals surface area contributed by atoms with Crippen LogP contribution >= 0.6 is 0 Å². The Morgan fingerprint density at radius 2 is 2.00 bits per heavy atom. The van der Waals surface area contributed by atoms with Gasteiger partial charge in [0.25, 0.3) is 0 Å². The van der Waals surface area contributed by atoms with Gasteiger partial charge in [0.1, 0.15) is 5.56 Å². The lowest BCUT2D eigenvalue weighted by Gasteiger charge is -2.44. The zero-order chi connectivity index (χ0) is 21.8. The quantitative estimate of drug-likeness (QED) is 0.806. The molecule has 1 fully saturated rings. The molecule has 6 nitrogen and oxygen atoms in total. The van der Waals surface area contributed by atoms with E-state index in [0.29, 0.717) is 12.5 Å². The highest BCUT2D eigenvalue weighted by molar-refractivity contribution is 5.97. The van der Waals surface area contributed by atoms with Gasteiger partial charge in [0.15, 0.2) is 5.43 Å². The number of pyridine rings is 1. The van der Waals surface area contributed by atoms with Gasteiger partial charge in [-0.3, -0.25) is 4.79 Å². The molecule has 1 N–H and O–H groups in total. The minimum absolute atomic E-state index is 0.000241. The average Bonchev–Trinajstić information content (AvgIpc) is 3.37. The summed E-state index contributed by atoms with van der Waals surface area (Å²) in [6.45, 7) is 11.5. The third kappa shape index (κ3) is 3.40. The van der Waals surface area contributed by atoms with Gasteiger partial charge in [0.05, 0.1) is 30.0 Å². The van der Waals surface area contributed by atoms with Crippen LogP contribution in [0.25, 0.3) is 11.3 Å². The fourth-order valence-corrected chi connectivity index (χ4v) is 4.32. The third-order valence-electron chi connectivity index (χ3n) is 6.15. The van der Waals surface area contributed by atoms with Gasteiger partial charge in [0, 0.05) is 37.0 Å². The summed E-state index contributed by atoms with van der Waals surface area (Å²) in [6, 6.07) is 3.38. The normalized spacial score (nSPS) is 20.7. The molecule has 30 heavy (non-hydrogen) atoms. The first-order valence-corrected chi connectivity index (χ1v) is 10.3.